The summed E-state index contributed by atoms with van der Waals surface area (Å²) in [7, 11) is 1.57. The Labute approximate surface area is 118 Å². The average molecular weight is 357 g/mol. The van der Waals surface area contributed by atoms with Crippen molar-refractivity contribution in [2.75, 3.05) is 12.8 Å². The predicted octanol–water partition coefficient (Wildman–Crippen LogP) is 1.72. The molecule has 2 aromatic rings. The molecule has 0 unspecified atom stereocenters. The van der Waals surface area contributed by atoms with Crippen LogP contribution in [0.1, 0.15) is 0 Å². The fourth-order valence-electron chi connectivity index (χ4n) is 1.11. The van der Waals surface area contributed by atoms with E-state index < -0.39 is 12.1 Å². The summed E-state index contributed by atoms with van der Waals surface area (Å²) in [6.45, 7) is 0. The highest BCUT2D eigenvalue weighted by Crippen LogP contribution is 2.28. The second kappa shape index (κ2) is 5.94. The number of alkyl halides is 3. The molecular weight excluding hydrogens is 349 g/mol. The van der Waals surface area contributed by atoms with E-state index in [4.69, 9.17) is 20.4 Å². The number of methoxy groups -OCH3 is 1. The van der Waals surface area contributed by atoms with Gasteiger partial charge in [0.25, 0.3) is 0 Å². The van der Waals surface area contributed by atoms with Crippen LogP contribution >= 0.6 is 15.9 Å². The van der Waals surface area contributed by atoms with Crippen molar-refractivity contribution in [2.24, 2.45) is 0 Å². The normalized spacial score (nSPS) is 10.8. The highest BCUT2D eigenvalue weighted by atomic mass is 79.9. The molecule has 0 spiro atoms. The fourth-order valence-corrected chi connectivity index (χ4v) is 1.56. The van der Waals surface area contributed by atoms with E-state index in [1.165, 1.54) is 0 Å². The Balaban J connectivity index is 0.000000246. The summed E-state index contributed by atoms with van der Waals surface area (Å²) in [6.07, 6.45) is -3.33. The van der Waals surface area contributed by atoms with Gasteiger partial charge in [-0.05, 0) is 22.0 Å². The minimum absolute atomic E-state index is 0.233. The summed E-state index contributed by atoms with van der Waals surface area (Å²) in [5.41, 5.74) is 6.06. The molecule has 2 rings (SSSR count). The van der Waals surface area contributed by atoms with Gasteiger partial charge in [-0.1, -0.05) is 0 Å². The summed E-state index contributed by atoms with van der Waals surface area (Å²) in [5, 5.41) is 11.1. The maximum absolute atomic E-state index is 10.6. The second-order valence-electron chi connectivity index (χ2n) is 3.24. The van der Waals surface area contributed by atoms with Gasteiger partial charge in [0.05, 0.1) is 11.6 Å². The Morgan fingerprint density at radius 2 is 2.10 bits per heavy atom. The molecule has 11 heteroatoms. The third-order valence-electron chi connectivity index (χ3n) is 1.88. The molecule has 2 heterocycles. The smallest absolute Gasteiger partial charge is 0.490 e. The molecule has 0 aliphatic heterocycles. The van der Waals surface area contributed by atoms with Crippen LogP contribution in [-0.2, 0) is 4.79 Å². The van der Waals surface area contributed by atoms with E-state index in [0.29, 0.717) is 11.4 Å². The lowest BCUT2D eigenvalue weighted by atomic mass is 10.4. The molecule has 0 amide bonds. The lowest BCUT2D eigenvalue weighted by Gasteiger charge is -2.02. The van der Waals surface area contributed by atoms with Crippen LogP contribution in [0.2, 0.25) is 0 Å². The number of rotatable bonds is 1. The molecule has 2 aromatic heterocycles. The van der Waals surface area contributed by atoms with Gasteiger partial charge in [0.1, 0.15) is 0 Å². The van der Waals surface area contributed by atoms with Crippen molar-refractivity contribution in [3.05, 3.63) is 16.7 Å². The third kappa shape index (κ3) is 3.73. The van der Waals surface area contributed by atoms with Crippen LogP contribution in [0.5, 0.6) is 5.75 Å². The molecule has 0 radical (unpaired) electrons. The number of aliphatic carboxylic acids is 1. The number of fused-ring (bicyclic) bond motifs is 1. The Bertz CT molecular complexity index is 629. The standard InChI is InChI=1S/C7H7BrN4O.C2HF3O2/c1-13-5-4(8)2-3-12-6(5)10-7(9)11-12;3-2(4,5)1(6)7/h2-3H,1H3,(H2,9,11);(H,6,7). The van der Waals surface area contributed by atoms with Gasteiger partial charge in [-0.25, -0.2) is 9.31 Å². The van der Waals surface area contributed by atoms with E-state index in [1.54, 1.807) is 17.8 Å². The molecule has 0 saturated heterocycles. The van der Waals surface area contributed by atoms with Gasteiger partial charge in [0.2, 0.25) is 11.6 Å². The summed E-state index contributed by atoms with van der Waals surface area (Å²) in [5.74, 6) is -1.89. The topological polar surface area (TPSA) is 103 Å². The number of halogens is 4. The van der Waals surface area contributed by atoms with E-state index in [-0.39, 0.29) is 5.95 Å². The van der Waals surface area contributed by atoms with Crippen LogP contribution in [-0.4, -0.2) is 39.0 Å². The lowest BCUT2D eigenvalue weighted by molar-refractivity contribution is -0.192. The summed E-state index contributed by atoms with van der Waals surface area (Å²) in [4.78, 5) is 12.9. The van der Waals surface area contributed by atoms with Gasteiger partial charge < -0.3 is 15.6 Å². The quantitative estimate of drug-likeness (QED) is 0.806. The first-order valence-electron chi connectivity index (χ1n) is 4.81. The number of pyridine rings is 1. The van der Waals surface area contributed by atoms with Crippen molar-refractivity contribution in [3.8, 4) is 5.75 Å². The van der Waals surface area contributed by atoms with Crippen LogP contribution in [0.4, 0.5) is 19.1 Å². The molecule has 0 atom stereocenters. The van der Waals surface area contributed by atoms with Crippen LogP contribution < -0.4 is 10.5 Å². The van der Waals surface area contributed by atoms with E-state index in [0.717, 1.165) is 4.47 Å². The third-order valence-corrected chi connectivity index (χ3v) is 2.50. The largest absolute Gasteiger partial charge is 0.492 e. The van der Waals surface area contributed by atoms with Gasteiger partial charge in [0.15, 0.2) is 5.75 Å². The molecule has 7 nitrogen and oxygen atoms in total. The predicted molar refractivity (Wildman–Crippen MR) is 65.3 cm³/mol. The van der Waals surface area contributed by atoms with Crippen LogP contribution in [0, 0.1) is 0 Å². The molecule has 110 valence electrons. The number of hydrogen-bond acceptors (Lipinski definition) is 5. The SMILES string of the molecule is COc1c(Br)ccn2nc(N)nc12.O=C(O)C(F)(F)F. The Morgan fingerprint density at radius 3 is 2.55 bits per heavy atom. The van der Waals surface area contributed by atoms with Crippen molar-refractivity contribution >= 4 is 33.5 Å². The first-order valence-corrected chi connectivity index (χ1v) is 5.60. The molecule has 20 heavy (non-hydrogen) atoms. The molecule has 3 N–H and O–H groups in total. The summed E-state index contributed by atoms with van der Waals surface area (Å²) >= 11 is 3.34. The molecule has 0 aromatic carbocycles. The Kier molecular flexibility index (Phi) is 4.76. The lowest BCUT2D eigenvalue weighted by Crippen LogP contribution is -2.21. The highest BCUT2D eigenvalue weighted by Gasteiger charge is 2.38. The van der Waals surface area contributed by atoms with Gasteiger partial charge in [0, 0.05) is 6.20 Å². The number of nitrogens with two attached hydrogens (primary N) is 1. The number of aromatic nitrogens is 3. The number of carbonyl (C=O) groups is 1. The maximum Gasteiger partial charge on any atom is 0.490 e. The number of carboxylic acids is 1. The monoisotopic (exact) mass is 356 g/mol. The number of ether oxygens (including phenoxy) is 1. The minimum Gasteiger partial charge on any atom is -0.492 e. The van der Waals surface area contributed by atoms with Gasteiger partial charge in [-0.2, -0.15) is 18.2 Å². The van der Waals surface area contributed by atoms with Crippen LogP contribution in [0.15, 0.2) is 16.7 Å². The summed E-state index contributed by atoms with van der Waals surface area (Å²) in [6, 6.07) is 1.82. The Hall–Kier alpha value is -2.04. The molecule has 0 saturated carbocycles. The zero-order valence-electron chi connectivity index (χ0n) is 9.85. The number of anilines is 1. The van der Waals surface area contributed by atoms with Crippen molar-refractivity contribution in [2.45, 2.75) is 6.18 Å². The molecule has 0 bridgehead atoms. The maximum atomic E-state index is 10.6. The summed E-state index contributed by atoms with van der Waals surface area (Å²) < 4.78 is 39.3. The Morgan fingerprint density at radius 1 is 1.55 bits per heavy atom. The minimum atomic E-state index is -5.08. The van der Waals surface area contributed by atoms with Crippen molar-refractivity contribution < 1.29 is 27.8 Å². The second-order valence-corrected chi connectivity index (χ2v) is 4.09. The van der Waals surface area contributed by atoms with E-state index >= 15 is 0 Å². The first-order chi connectivity index (χ1) is 9.16. The van der Waals surface area contributed by atoms with Crippen LogP contribution in [0.3, 0.4) is 0 Å². The molecular formula is C9H8BrF3N4O3. The van der Waals surface area contributed by atoms with Crippen LogP contribution in [0.25, 0.3) is 5.65 Å². The van der Waals surface area contributed by atoms with E-state index in [1.807, 2.05) is 6.07 Å². The van der Waals surface area contributed by atoms with E-state index in [9.17, 15) is 13.2 Å². The molecule has 0 aliphatic carbocycles. The average Bonchev–Trinajstić information content (AvgIpc) is 2.69. The van der Waals surface area contributed by atoms with Gasteiger partial charge in [-0.3, -0.25) is 0 Å². The number of carboxylic acid groups (broad SMARTS) is 1. The molecule has 0 fully saturated rings. The fraction of sp³-hybridized carbons (Fsp3) is 0.222. The number of nitrogen functional groups attached to an aromatic ring is 1. The zero-order valence-corrected chi connectivity index (χ0v) is 11.4. The van der Waals surface area contributed by atoms with Gasteiger partial charge >= 0.3 is 12.1 Å². The van der Waals surface area contributed by atoms with Crippen molar-refractivity contribution in [1.29, 1.82) is 0 Å². The van der Waals surface area contributed by atoms with Crippen molar-refractivity contribution in [3.63, 3.8) is 0 Å². The van der Waals surface area contributed by atoms with Gasteiger partial charge in [-0.15, -0.1) is 5.10 Å². The first kappa shape index (κ1) is 16.0. The van der Waals surface area contributed by atoms with Crippen molar-refractivity contribution in [1.82, 2.24) is 14.6 Å². The molecule has 0 aliphatic rings. The van der Waals surface area contributed by atoms with E-state index in [2.05, 4.69) is 26.0 Å². The zero-order chi connectivity index (χ0) is 15.5. The number of hydrogen-bond donors (Lipinski definition) is 2. The highest BCUT2D eigenvalue weighted by molar-refractivity contribution is 9.10. The number of nitrogens with zero attached hydrogens (tertiary/aromatic N) is 3.